The van der Waals surface area contributed by atoms with Gasteiger partial charge in [-0.1, -0.05) is 32.8 Å². The number of likely N-dealkylation sites (tertiary alicyclic amines) is 1. The lowest BCUT2D eigenvalue weighted by Gasteiger charge is -2.30. The molecule has 0 amide bonds. The van der Waals surface area contributed by atoms with Crippen LogP contribution in [0.4, 0.5) is 4.39 Å². The standard InChI is InChI=1S/C30H41FN2O8S/c1-5-7-8-14-42(36,37)33(11-6-2)13-12-32-18-22(21-16-25(39-4)29-26(17-21)40-19-41-29)27(30(34)35)28(32)20-9-10-24(38-3)23(31)15-20/h9-10,15-17,22,27-28H,5-8,11-14,18-19H2,1-4H3,(H,34,35). The molecule has 0 aliphatic carbocycles. The molecule has 1 N–H and O–H groups in total. The van der Waals surface area contributed by atoms with E-state index in [0.717, 1.165) is 12.8 Å². The number of benzene rings is 2. The second-order valence-corrected chi connectivity index (χ2v) is 12.8. The quantitative estimate of drug-likeness (QED) is 0.289. The summed E-state index contributed by atoms with van der Waals surface area (Å²) < 4.78 is 64.6. The minimum Gasteiger partial charge on any atom is -0.494 e. The average Bonchev–Trinajstić information content (AvgIpc) is 3.59. The first-order chi connectivity index (χ1) is 20.1. The summed E-state index contributed by atoms with van der Waals surface area (Å²) in [5.74, 6) is -1.65. The first-order valence-electron chi connectivity index (χ1n) is 14.4. The van der Waals surface area contributed by atoms with Gasteiger partial charge in [-0.3, -0.25) is 9.69 Å². The Balaban J connectivity index is 1.71. The van der Waals surface area contributed by atoms with E-state index in [4.69, 9.17) is 18.9 Å². The number of fused-ring (bicyclic) bond motifs is 1. The van der Waals surface area contributed by atoms with Crippen molar-refractivity contribution >= 4 is 16.0 Å². The molecular weight excluding hydrogens is 567 g/mol. The van der Waals surface area contributed by atoms with Gasteiger partial charge in [0, 0.05) is 38.1 Å². The number of rotatable bonds is 15. The van der Waals surface area contributed by atoms with Crippen LogP contribution < -0.4 is 18.9 Å². The first kappa shape index (κ1) is 31.8. The summed E-state index contributed by atoms with van der Waals surface area (Å²) in [4.78, 5) is 14.9. The van der Waals surface area contributed by atoms with E-state index < -0.39 is 39.7 Å². The van der Waals surface area contributed by atoms with Crippen molar-refractivity contribution in [2.24, 2.45) is 5.92 Å². The van der Waals surface area contributed by atoms with E-state index in [-0.39, 0.29) is 31.4 Å². The summed E-state index contributed by atoms with van der Waals surface area (Å²) in [6.45, 7) is 5.12. The maximum atomic E-state index is 14.9. The van der Waals surface area contributed by atoms with Gasteiger partial charge < -0.3 is 24.1 Å². The highest BCUT2D eigenvalue weighted by molar-refractivity contribution is 7.89. The van der Waals surface area contributed by atoms with E-state index in [9.17, 15) is 22.7 Å². The van der Waals surface area contributed by atoms with Gasteiger partial charge in [-0.25, -0.2) is 17.1 Å². The van der Waals surface area contributed by atoms with E-state index in [1.54, 1.807) is 18.2 Å². The highest BCUT2D eigenvalue weighted by Gasteiger charge is 2.48. The summed E-state index contributed by atoms with van der Waals surface area (Å²) in [6.07, 6.45) is 2.99. The molecule has 0 radical (unpaired) electrons. The van der Waals surface area contributed by atoms with Gasteiger partial charge in [0.05, 0.1) is 25.9 Å². The van der Waals surface area contributed by atoms with Gasteiger partial charge in [-0.05, 0) is 48.2 Å². The number of ether oxygens (including phenoxy) is 4. The van der Waals surface area contributed by atoms with Crippen molar-refractivity contribution in [1.29, 1.82) is 0 Å². The lowest BCUT2D eigenvalue weighted by molar-refractivity contribution is -0.143. The Morgan fingerprint density at radius 1 is 1.05 bits per heavy atom. The monoisotopic (exact) mass is 608 g/mol. The first-order valence-corrected chi connectivity index (χ1v) is 16.0. The summed E-state index contributed by atoms with van der Waals surface area (Å²) in [7, 11) is -0.621. The Morgan fingerprint density at radius 3 is 2.45 bits per heavy atom. The van der Waals surface area contributed by atoms with Gasteiger partial charge >= 0.3 is 5.97 Å². The molecule has 232 valence electrons. The zero-order valence-corrected chi connectivity index (χ0v) is 25.5. The summed E-state index contributed by atoms with van der Waals surface area (Å²) in [6, 6.07) is 7.26. The minimum atomic E-state index is -3.49. The highest BCUT2D eigenvalue weighted by atomic mass is 32.2. The highest BCUT2D eigenvalue weighted by Crippen LogP contribution is 2.50. The zero-order valence-electron chi connectivity index (χ0n) is 24.7. The normalized spacial score (nSPS) is 20.3. The number of unbranched alkanes of at least 4 members (excludes halogenated alkanes) is 2. The van der Waals surface area contributed by atoms with Crippen molar-refractivity contribution < 1.29 is 41.7 Å². The van der Waals surface area contributed by atoms with Crippen molar-refractivity contribution in [2.75, 3.05) is 52.9 Å². The van der Waals surface area contributed by atoms with Crippen LogP contribution in [0.25, 0.3) is 0 Å². The van der Waals surface area contributed by atoms with Crippen LogP contribution in [-0.2, 0) is 14.8 Å². The Morgan fingerprint density at radius 2 is 1.81 bits per heavy atom. The van der Waals surface area contributed by atoms with Gasteiger partial charge in [-0.2, -0.15) is 0 Å². The smallest absolute Gasteiger partial charge is 0.309 e. The van der Waals surface area contributed by atoms with Crippen molar-refractivity contribution in [3.8, 4) is 23.0 Å². The Bertz CT molecular complexity index is 1360. The molecule has 2 aliphatic rings. The molecule has 2 aliphatic heterocycles. The number of carboxylic acid groups (broad SMARTS) is 1. The van der Waals surface area contributed by atoms with Crippen LogP contribution in [0.5, 0.6) is 23.0 Å². The van der Waals surface area contributed by atoms with Crippen molar-refractivity contribution in [3.63, 3.8) is 0 Å². The van der Waals surface area contributed by atoms with E-state index in [2.05, 4.69) is 0 Å². The van der Waals surface area contributed by atoms with Crippen LogP contribution in [0.3, 0.4) is 0 Å². The molecule has 3 atom stereocenters. The maximum absolute atomic E-state index is 14.9. The third-order valence-electron chi connectivity index (χ3n) is 8.02. The number of nitrogens with zero attached hydrogens (tertiary/aromatic N) is 2. The predicted octanol–water partition coefficient (Wildman–Crippen LogP) is 4.64. The van der Waals surface area contributed by atoms with Crippen LogP contribution in [0.1, 0.15) is 62.6 Å². The second-order valence-electron chi connectivity index (χ2n) is 10.7. The Labute approximate surface area is 247 Å². The third kappa shape index (κ3) is 6.76. The molecule has 2 heterocycles. The number of carbonyl (C=O) groups is 1. The lowest BCUT2D eigenvalue weighted by atomic mass is 9.82. The van der Waals surface area contributed by atoms with Gasteiger partial charge in [0.2, 0.25) is 22.6 Å². The molecule has 0 bridgehead atoms. The van der Waals surface area contributed by atoms with E-state index in [0.29, 0.717) is 54.3 Å². The number of hydrogen-bond donors (Lipinski definition) is 1. The van der Waals surface area contributed by atoms with Gasteiger partial charge in [0.25, 0.3) is 0 Å². The summed E-state index contributed by atoms with van der Waals surface area (Å²) in [5.41, 5.74) is 1.16. The molecule has 1 fully saturated rings. The van der Waals surface area contributed by atoms with Crippen LogP contribution in [0, 0.1) is 11.7 Å². The third-order valence-corrected chi connectivity index (χ3v) is 9.98. The van der Waals surface area contributed by atoms with E-state index in [1.165, 1.54) is 30.7 Å². The summed E-state index contributed by atoms with van der Waals surface area (Å²) in [5, 5.41) is 10.6. The van der Waals surface area contributed by atoms with Gasteiger partial charge in [-0.15, -0.1) is 0 Å². The molecule has 3 unspecified atom stereocenters. The lowest BCUT2D eigenvalue weighted by Crippen LogP contribution is -2.40. The molecule has 42 heavy (non-hydrogen) atoms. The molecule has 1 saturated heterocycles. The topological polar surface area (TPSA) is 115 Å². The van der Waals surface area contributed by atoms with Gasteiger partial charge in [0.15, 0.2) is 23.1 Å². The molecular formula is C30H41FN2O8S. The molecule has 12 heteroatoms. The molecule has 2 aromatic carbocycles. The predicted molar refractivity (Wildman–Crippen MR) is 155 cm³/mol. The zero-order chi connectivity index (χ0) is 30.4. The molecule has 2 aromatic rings. The van der Waals surface area contributed by atoms with Crippen LogP contribution in [0.15, 0.2) is 30.3 Å². The fourth-order valence-corrected chi connectivity index (χ4v) is 7.62. The van der Waals surface area contributed by atoms with Crippen molar-refractivity contribution in [3.05, 3.63) is 47.3 Å². The SMILES string of the molecule is CCCCCS(=O)(=O)N(CCC)CCN1CC(c2cc(OC)c3c(c2)OCO3)C(C(=O)O)C1c1ccc(OC)c(F)c1. The number of aliphatic carboxylic acids is 1. The van der Waals surface area contributed by atoms with E-state index in [1.807, 2.05) is 18.7 Å². The number of halogens is 1. The number of sulfonamides is 1. The minimum absolute atomic E-state index is 0.0298. The Kier molecular flexibility index (Phi) is 10.6. The van der Waals surface area contributed by atoms with E-state index >= 15 is 0 Å². The second kappa shape index (κ2) is 13.9. The fraction of sp³-hybridized carbons (Fsp3) is 0.567. The van der Waals surface area contributed by atoms with Crippen molar-refractivity contribution in [1.82, 2.24) is 9.21 Å². The van der Waals surface area contributed by atoms with Crippen LogP contribution >= 0.6 is 0 Å². The van der Waals surface area contributed by atoms with Gasteiger partial charge in [0.1, 0.15) is 0 Å². The Hall–Kier alpha value is -3.09. The average molecular weight is 609 g/mol. The molecule has 0 saturated carbocycles. The van der Waals surface area contributed by atoms with Crippen molar-refractivity contribution in [2.45, 2.75) is 51.5 Å². The number of carboxylic acids is 1. The number of hydrogen-bond acceptors (Lipinski definition) is 8. The largest absolute Gasteiger partial charge is 0.494 e. The molecule has 4 rings (SSSR count). The molecule has 0 spiro atoms. The fourth-order valence-electron chi connectivity index (χ4n) is 5.97. The number of methoxy groups -OCH3 is 2. The van der Waals surface area contributed by atoms with Crippen LogP contribution in [-0.4, -0.2) is 81.6 Å². The molecule has 10 nitrogen and oxygen atoms in total. The summed E-state index contributed by atoms with van der Waals surface area (Å²) >= 11 is 0. The molecule has 0 aromatic heterocycles. The maximum Gasteiger partial charge on any atom is 0.309 e. The van der Waals surface area contributed by atoms with Crippen LogP contribution in [0.2, 0.25) is 0 Å².